The monoisotopic (exact) mass is 228 g/mol. The van der Waals surface area contributed by atoms with E-state index in [0.29, 0.717) is 11.6 Å². The van der Waals surface area contributed by atoms with Crippen LogP contribution in [0.4, 0.5) is 0 Å². The van der Waals surface area contributed by atoms with Crippen LogP contribution in [0.5, 0.6) is 0 Å². The summed E-state index contributed by atoms with van der Waals surface area (Å²) in [5.41, 5.74) is 3.35. The molecule has 0 radical (unpaired) electrons. The average molecular weight is 228 g/mol. The number of nitrogens with zero attached hydrogens (tertiary/aromatic N) is 2. The van der Waals surface area contributed by atoms with Crippen LogP contribution in [-0.2, 0) is 19.3 Å². The number of hydrogen-bond donors (Lipinski definition) is 0. The Labute approximate surface area is 101 Å². The molecule has 3 heteroatoms. The van der Waals surface area contributed by atoms with Gasteiger partial charge in [0.25, 0.3) is 5.56 Å². The third kappa shape index (κ3) is 1.78. The molecule has 3 rings (SSSR count). The van der Waals surface area contributed by atoms with E-state index in [2.05, 4.69) is 6.07 Å². The van der Waals surface area contributed by atoms with Crippen LogP contribution in [0.2, 0.25) is 0 Å². The Hall–Kier alpha value is -1.56. The molecule has 17 heavy (non-hydrogen) atoms. The quantitative estimate of drug-likeness (QED) is 0.778. The molecule has 2 aliphatic carbocycles. The number of pyridine rings is 1. The summed E-state index contributed by atoms with van der Waals surface area (Å²) in [6.45, 7) is 0. The first kappa shape index (κ1) is 10.6. The molecule has 1 aromatic rings. The van der Waals surface area contributed by atoms with Crippen LogP contribution in [0.1, 0.15) is 48.5 Å². The fourth-order valence-corrected chi connectivity index (χ4v) is 2.82. The molecule has 0 unspecified atom stereocenters. The molecular weight excluding hydrogens is 212 g/mol. The zero-order chi connectivity index (χ0) is 11.8. The minimum absolute atomic E-state index is 0.0923. The van der Waals surface area contributed by atoms with Gasteiger partial charge in [0.15, 0.2) is 0 Å². The second kappa shape index (κ2) is 4.03. The predicted octanol–water partition coefficient (Wildman–Crippen LogP) is 2.13. The fraction of sp³-hybridized carbons (Fsp3) is 0.571. The van der Waals surface area contributed by atoms with Gasteiger partial charge in [-0.1, -0.05) is 0 Å². The molecule has 1 fully saturated rings. The molecule has 0 bridgehead atoms. The van der Waals surface area contributed by atoms with Crippen LogP contribution in [0.3, 0.4) is 0 Å². The maximum absolute atomic E-state index is 12.3. The van der Waals surface area contributed by atoms with Crippen molar-refractivity contribution in [2.75, 3.05) is 0 Å². The van der Waals surface area contributed by atoms with Gasteiger partial charge in [-0.05, 0) is 50.2 Å². The van der Waals surface area contributed by atoms with E-state index in [0.717, 1.165) is 25.7 Å². The summed E-state index contributed by atoms with van der Waals surface area (Å²) in [5.74, 6) is 0. The van der Waals surface area contributed by atoms with E-state index in [9.17, 15) is 4.79 Å². The van der Waals surface area contributed by atoms with Crippen LogP contribution in [0, 0.1) is 11.3 Å². The standard InChI is InChI=1S/C14H16N2O/c15-8-7-11-9-10-3-1-2-4-13(10)16(14(11)17)12-5-6-12/h9,12H,1-7H2. The van der Waals surface area contributed by atoms with E-state index in [1.807, 2.05) is 10.6 Å². The average Bonchev–Trinajstić information content (AvgIpc) is 3.15. The van der Waals surface area contributed by atoms with Gasteiger partial charge in [-0.25, -0.2) is 0 Å². The van der Waals surface area contributed by atoms with Crippen molar-refractivity contribution in [1.82, 2.24) is 4.57 Å². The Morgan fingerprint density at radius 2 is 2.12 bits per heavy atom. The highest BCUT2D eigenvalue weighted by molar-refractivity contribution is 5.31. The number of rotatable bonds is 2. The number of aromatic nitrogens is 1. The summed E-state index contributed by atoms with van der Waals surface area (Å²) in [6.07, 6.45) is 7.01. The predicted molar refractivity (Wildman–Crippen MR) is 64.9 cm³/mol. The maximum atomic E-state index is 12.3. The van der Waals surface area contributed by atoms with Gasteiger partial charge in [0.05, 0.1) is 12.5 Å². The Morgan fingerprint density at radius 1 is 1.35 bits per heavy atom. The highest BCUT2D eigenvalue weighted by Gasteiger charge is 2.29. The van der Waals surface area contributed by atoms with Gasteiger partial charge in [-0.3, -0.25) is 4.79 Å². The van der Waals surface area contributed by atoms with Gasteiger partial charge in [-0.15, -0.1) is 0 Å². The molecule has 0 N–H and O–H groups in total. The first-order chi connectivity index (χ1) is 8.31. The Morgan fingerprint density at radius 3 is 2.82 bits per heavy atom. The molecule has 88 valence electrons. The summed E-state index contributed by atoms with van der Waals surface area (Å²) < 4.78 is 2.00. The van der Waals surface area contributed by atoms with Crippen molar-refractivity contribution < 1.29 is 0 Å². The van der Waals surface area contributed by atoms with Crippen molar-refractivity contribution in [3.8, 4) is 6.07 Å². The summed E-state index contributed by atoms with van der Waals surface area (Å²) in [6, 6.07) is 4.51. The molecule has 1 saturated carbocycles. The van der Waals surface area contributed by atoms with Gasteiger partial charge in [0.1, 0.15) is 0 Å². The summed E-state index contributed by atoms with van der Waals surface area (Å²) in [5, 5.41) is 8.80. The Bertz CT molecular complexity index is 547. The topological polar surface area (TPSA) is 45.8 Å². The molecule has 1 aromatic heterocycles. The van der Waals surface area contributed by atoms with Crippen molar-refractivity contribution in [2.24, 2.45) is 0 Å². The first-order valence-electron chi connectivity index (χ1n) is 6.44. The van der Waals surface area contributed by atoms with E-state index >= 15 is 0 Å². The number of nitriles is 1. The Kier molecular flexibility index (Phi) is 2.51. The van der Waals surface area contributed by atoms with E-state index in [1.54, 1.807) is 0 Å². The second-order valence-corrected chi connectivity index (χ2v) is 5.09. The maximum Gasteiger partial charge on any atom is 0.255 e. The minimum Gasteiger partial charge on any atom is -0.309 e. The largest absolute Gasteiger partial charge is 0.309 e. The lowest BCUT2D eigenvalue weighted by Crippen LogP contribution is -2.28. The van der Waals surface area contributed by atoms with Crippen LogP contribution in [-0.4, -0.2) is 4.57 Å². The van der Waals surface area contributed by atoms with Gasteiger partial charge in [-0.2, -0.15) is 5.26 Å². The van der Waals surface area contributed by atoms with Crippen molar-refractivity contribution in [1.29, 1.82) is 5.26 Å². The van der Waals surface area contributed by atoms with Gasteiger partial charge in [0, 0.05) is 17.3 Å². The van der Waals surface area contributed by atoms with Crippen LogP contribution in [0.25, 0.3) is 0 Å². The molecule has 0 aromatic carbocycles. The summed E-state index contributed by atoms with van der Waals surface area (Å²) >= 11 is 0. The number of aryl methyl sites for hydroxylation is 1. The third-order valence-electron chi connectivity index (χ3n) is 3.79. The third-order valence-corrected chi connectivity index (χ3v) is 3.79. The van der Waals surface area contributed by atoms with Gasteiger partial charge >= 0.3 is 0 Å². The zero-order valence-corrected chi connectivity index (χ0v) is 9.91. The molecular formula is C14H16N2O. The lowest BCUT2D eigenvalue weighted by Gasteiger charge is -2.22. The molecule has 1 heterocycles. The van der Waals surface area contributed by atoms with Crippen LogP contribution in [0.15, 0.2) is 10.9 Å². The van der Waals surface area contributed by atoms with Crippen molar-refractivity contribution >= 4 is 0 Å². The minimum atomic E-state index is 0.0923. The molecule has 0 spiro atoms. The smallest absolute Gasteiger partial charge is 0.255 e. The van der Waals surface area contributed by atoms with E-state index in [1.165, 1.54) is 24.1 Å². The lowest BCUT2D eigenvalue weighted by molar-refractivity contribution is 0.579. The van der Waals surface area contributed by atoms with E-state index < -0.39 is 0 Å². The van der Waals surface area contributed by atoms with Crippen LogP contribution < -0.4 is 5.56 Å². The zero-order valence-electron chi connectivity index (χ0n) is 9.91. The van der Waals surface area contributed by atoms with E-state index in [4.69, 9.17) is 5.26 Å². The molecule has 0 aliphatic heterocycles. The summed E-state index contributed by atoms with van der Waals surface area (Å²) in [7, 11) is 0. The molecule has 2 aliphatic rings. The molecule has 0 atom stereocenters. The highest BCUT2D eigenvalue weighted by Crippen LogP contribution is 2.36. The van der Waals surface area contributed by atoms with Crippen molar-refractivity contribution in [3.63, 3.8) is 0 Å². The Balaban J connectivity index is 2.19. The fourth-order valence-electron chi connectivity index (χ4n) is 2.82. The SMILES string of the molecule is N#CCc1cc2c(n(C3CC3)c1=O)CCCC2. The number of fused-ring (bicyclic) bond motifs is 1. The number of hydrogen-bond acceptors (Lipinski definition) is 2. The summed E-state index contributed by atoms with van der Waals surface area (Å²) in [4.78, 5) is 12.3. The van der Waals surface area contributed by atoms with Crippen molar-refractivity contribution in [3.05, 3.63) is 33.2 Å². The lowest BCUT2D eigenvalue weighted by atomic mass is 9.94. The molecule has 3 nitrogen and oxygen atoms in total. The second-order valence-electron chi connectivity index (χ2n) is 5.09. The van der Waals surface area contributed by atoms with Gasteiger partial charge < -0.3 is 4.57 Å². The van der Waals surface area contributed by atoms with E-state index in [-0.39, 0.29) is 12.0 Å². The molecule has 0 amide bonds. The highest BCUT2D eigenvalue weighted by atomic mass is 16.1. The van der Waals surface area contributed by atoms with Crippen LogP contribution >= 0.6 is 0 Å². The van der Waals surface area contributed by atoms with Crippen molar-refractivity contribution in [2.45, 2.75) is 51.0 Å². The first-order valence-corrected chi connectivity index (χ1v) is 6.44. The normalized spacial score (nSPS) is 18.5. The van der Waals surface area contributed by atoms with Gasteiger partial charge in [0.2, 0.25) is 0 Å². The molecule has 0 saturated heterocycles.